The third kappa shape index (κ3) is 6.96. The number of carbonyl (C=O) groups excluding carboxylic acids is 2. The first-order valence-electron chi connectivity index (χ1n) is 12.5. The van der Waals surface area contributed by atoms with Crippen LogP contribution in [0.3, 0.4) is 0 Å². The number of halogens is 2. The molecule has 2 aliphatic rings. The van der Waals surface area contributed by atoms with Crippen LogP contribution < -0.4 is 15.8 Å². The van der Waals surface area contributed by atoms with Gasteiger partial charge in [0.05, 0.1) is 6.10 Å². The van der Waals surface area contributed by atoms with E-state index in [0.717, 1.165) is 32.1 Å². The molecule has 0 aromatic heterocycles. The molecule has 0 radical (unpaired) electrons. The van der Waals surface area contributed by atoms with Crippen LogP contribution in [-0.4, -0.2) is 47.4 Å². The number of primary amides is 1. The molecule has 2 aromatic rings. The molecule has 2 fully saturated rings. The Morgan fingerprint density at radius 3 is 2.29 bits per heavy atom. The zero-order valence-corrected chi connectivity index (χ0v) is 22.1. The summed E-state index contributed by atoms with van der Waals surface area (Å²) in [5.41, 5.74) is 6.68. The molecule has 9 nitrogen and oxygen atoms in total. The molecule has 1 heterocycles. The van der Waals surface area contributed by atoms with Crippen molar-refractivity contribution in [2.45, 2.75) is 69.7 Å². The summed E-state index contributed by atoms with van der Waals surface area (Å²) in [6.07, 6.45) is 1.65. The second kappa shape index (κ2) is 12.8. The number of rotatable bonds is 10. The number of nitrogens with one attached hydrogen (secondary N) is 1. The van der Waals surface area contributed by atoms with Crippen molar-refractivity contribution in [3.05, 3.63) is 63.6 Å². The Morgan fingerprint density at radius 2 is 1.68 bits per heavy atom. The molecule has 1 aliphatic heterocycles. The van der Waals surface area contributed by atoms with Crippen molar-refractivity contribution in [2.24, 2.45) is 11.7 Å². The molecule has 204 valence electrons. The maximum Gasteiger partial charge on any atom is 0.326 e. The summed E-state index contributed by atoms with van der Waals surface area (Å²) >= 11 is 12.4. The number of benzene rings is 2. The van der Waals surface area contributed by atoms with Crippen LogP contribution >= 0.6 is 23.2 Å². The Hall–Kier alpha value is -2.85. The van der Waals surface area contributed by atoms with Crippen molar-refractivity contribution in [1.82, 2.24) is 5.32 Å². The van der Waals surface area contributed by atoms with Gasteiger partial charge in [-0.25, -0.2) is 4.79 Å². The van der Waals surface area contributed by atoms with Gasteiger partial charge in [0, 0.05) is 22.0 Å². The van der Waals surface area contributed by atoms with E-state index in [4.69, 9.17) is 43.1 Å². The predicted molar refractivity (Wildman–Crippen MR) is 140 cm³/mol. The van der Waals surface area contributed by atoms with Crippen LogP contribution in [0.5, 0.6) is 5.75 Å². The molecular weight excluding hydrogens is 535 g/mol. The maximum atomic E-state index is 13.1. The van der Waals surface area contributed by atoms with E-state index < -0.39 is 42.3 Å². The van der Waals surface area contributed by atoms with Crippen LogP contribution in [0.2, 0.25) is 10.0 Å². The molecule has 2 amide bonds. The van der Waals surface area contributed by atoms with Gasteiger partial charge in [0.25, 0.3) is 11.8 Å². The van der Waals surface area contributed by atoms with E-state index in [-0.39, 0.29) is 18.9 Å². The van der Waals surface area contributed by atoms with Gasteiger partial charge in [0.2, 0.25) is 6.29 Å². The summed E-state index contributed by atoms with van der Waals surface area (Å²) in [5.74, 6) is -2.10. The number of aliphatic carboxylic acids is 1. The van der Waals surface area contributed by atoms with Gasteiger partial charge in [-0.1, -0.05) is 60.7 Å². The van der Waals surface area contributed by atoms with Gasteiger partial charge >= 0.3 is 5.97 Å². The third-order valence-electron chi connectivity index (χ3n) is 6.88. The number of carboxylic acid groups (broad SMARTS) is 1. The number of hydrogen-bond donors (Lipinski definition) is 3. The third-order valence-corrected chi connectivity index (χ3v) is 7.59. The molecule has 1 saturated heterocycles. The Morgan fingerprint density at radius 1 is 1.03 bits per heavy atom. The maximum absolute atomic E-state index is 13.1. The zero-order valence-electron chi connectivity index (χ0n) is 20.6. The van der Waals surface area contributed by atoms with Crippen LogP contribution in [0, 0.1) is 5.92 Å². The molecule has 2 aromatic carbocycles. The lowest BCUT2D eigenvalue weighted by Gasteiger charge is -2.29. The Bertz CT molecular complexity index is 1130. The fourth-order valence-corrected chi connectivity index (χ4v) is 5.37. The quantitative estimate of drug-likeness (QED) is 0.398. The number of hydrogen-bond acceptors (Lipinski definition) is 6. The van der Waals surface area contributed by atoms with Crippen molar-refractivity contribution < 1.29 is 33.7 Å². The van der Waals surface area contributed by atoms with Crippen LogP contribution in [0.4, 0.5) is 0 Å². The first-order valence-corrected chi connectivity index (χ1v) is 13.3. The second-order valence-electron chi connectivity index (χ2n) is 9.53. The Balaban J connectivity index is 1.38. The van der Waals surface area contributed by atoms with E-state index in [1.807, 2.05) is 0 Å². The highest BCUT2D eigenvalue weighted by atomic mass is 35.5. The van der Waals surface area contributed by atoms with Gasteiger partial charge in [0.1, 0.15) is 18.4 Å². The number of amides is 2. The average Bonchev–Trinajstić information content (AvgIpc) is 3.36. The van der Waals surface area contributed by atoms with Crippen molar-refractivity contribution >= 4 is 41.0 Å². The molecule has 1 saturated carbocycles. The molecule has 4 rings (SSSR count). The summed E-state index contributed by atoms with van der Waals surface area (Å²) < 4.78 is 17.0. The summed E-state index contributed by atoms with van der Waals surface area (Å²) in [5, 5.41) is 13.3. The molecule has 11 heteroatoms. The summed E-state index contributed by atoms with van der Waals surface area (Å²) in [4.78, 5) is 36.8. The van der Waals surface area contributed by atoms with Crippen molar-refractivity contribution in [2.75, 3.05) is 0 Å². The molecule has 38 heavy (non-hydrogen) atoms. The molecule has 1 unspecified atom stereocenters. The Labute approximate surface area is 230 Å². The monoisotopic (exact) mass is 564 g/mol. The van der Waals surface area contributed by atoms with Gasteiger partial charge in [-0.05, 0) is 48.6 Å². The molecule has 1 aliphatic carbocycles. The van der Waals surface area contributed by atoms with E-state index in [1.165, 1.54) is 0 Å². The summed E-state index contributed by atoms with van der Waals surface area (Å²) in [6.45, 7) is 0.170. The SMILES string of the molecule is NC(=O)C1O[C@H](C2CCCCC2)[C@H](C(=O)N[C@@H](Cc2ccc(OCc3c(Cl)cccc3Cl)cc2)C(=O)O)O1. The van der Waals surface area contributed by atoms with Gasteiger partial charge in [-0.3, -0.25) is 9.59 Å². The lowest BCUT2D eigenvalue weighted by molar-refractivity contribution is -0.151. The number of carbonyl (C=O) groups is 3. The smallest absolute Gasteiger partial charge is 0.326 e. The van der Waals surface area contributed by atoms with E-state index >= 15 is 0 Å². The van der Waals surface area contributed by atoms with Gasteiger partial charge in [0.15, 0.2) is 6.10 Å². The number of nitrogens with two attached hydrogens (primary N) is 1. The van der Waals surface area contributed by atoms with Crippen LogP contribution in [-0.2, 0) is 36.9 Å². The Kier molecular flexibility index (Phi) is 9.49. The number of carboxylic acids is 1. The van der Waals surface area contributed by atoms with Crippen molar-refractivity contribution in [3.63, 3.8) is 0 Å². The van der Waals surface area contributed by atoms with E-state index in [1.54, 1.807) is 42.5 Å². The van der Waals surface area contributed by atoms with Gasteiger partial charge < -0.3 is 30.4 Å². The highest BCUT2D eigenvalue weighted by Crippen LogP contribution is 2.35. The summed E-state index contributed by atoms with van der Waals surface area (Å²) in [7, 11) is 0. The number of ether oxygens (including phenoxy) is 3. The first-order chi connectivity index (χ1) is 18.2. The van der Waals surface area contributed by atoms with Crippen LogP contribution in [0.25, 0.3) is 0 Å². The molecular formula is C27H30Cl2N2O7. The topological polar surface area (TPSA) is 137 Å². The highest BCUT2D eigenvalue weighted by molar-refractivity contribution is 6.35. The minimum absolute atomic E-state index is 0.0264. The van der Waals surface area contributed by atoms with E-state index in [2.05, 4.69) is 5.32 Å². The van der Waals surface area contributed by atoms with Gasteiger partial charge in [-0.15, -0.1) is 0 Å². The van der Waals surface area contributed by atoms with E-state index in [0.29, 0.717) is 26.9 Å². The average molecular weight is 565 g/mol. The zero-order chi connectivity index (χ0) is 27.2. The lowest BCUT2D eigenvalue weighted by atomic mass is 9.83. The molecule has 0 bridgehead atoms. The predicted octanol–water partition coefficient (Wildman–Crippen LogP) is 3.86. The second-order valence-corrected chi connectivity index (χ2v) is 10.3. The van der Waals surface area contributed by atoms with Crippen LogP contribution in [0.15, 0.2) is 42.5 Å². The normalized spacial score (nSPS) is 22.5. The van der Waals surface area contributed by atoms with Crippen molar-refractivity contribution in [1.29, 1.82) is 0 Å². The largest absolute Gasteiger partial charge is 0.489 e. The molecule has 4 N–H and O–H groups in total. The highest BCUT2D eigenvalue weighted by Gasteiger charge is 2.47. The fourth-order valence-electron chi connectivity index (χ4n) is 4.86. The summed E-state index contributed by atoms with van der Waals surface area (Å²) in [6, 6.07) is 10.8. The minimum atomic E-state index is -1.34. The van der Waals surface area contributed by atoms with Gasteiger partial charge in [-0.2, -0.15) is 0 Å². The molecule has 0 spiro atoms. The van der Waals surface area contributed by atoms with E-state index in [9.17, 15) is 19.5 Å². The van der Waals surface area contributed by atoms with Crippen molar-refractivity contribution in [3.8, 4) is 5.75 Å². The lowest BCUT2D eigenvalue weighted by Crippen LogP contribution is -2.50. The van der Waals surface area contributed by atoms with Crippen LogP contribution in [0.1, 0.15) is 43.2 Å². The fraction of sp³-hybridized carbons (Fsp3) is 0.444. The first kappa shape index (κ1) is 28.2. The molecule has 4 atom stereocenters. The standard InChI is InChI=1S/C27H30Cl2N2O7/c28-19-7-4-8-20(29)18(19)14-36-17-11-9-15(10-12-17)13-21(26(34)35)31-25(33)23-22(16-5-2-1-3-6-16)37-27(38-23)24(30)32/h4,7-12,16,21-23,27H,1-3,5-6,13-14H2,(H2,30,32)(H,31,33)(H,34,35)/t21-,22+,23+,27?/m0/s1. The minimum Gasteiger partial charge on any atom is -0.489 e.